The third-order valence-corrected chi connectivity index (χ3v) is 2.90. The van der Waals surface area contributed by atoms with Crippen molar-refractivity contribution < 1.29 is 5.11 Å². The molecule has 0 bridgehead atoms. The van der Waals surface area contributed by atoms with E-state index in [1.54, 1.807) is 4.57 Å². The van der Waals surface area contributed by atoms with E-state index < -0.39 is 0 Å². The Labute approximate surface area is 92.5 Å². The van der Waals surface area contributed by atoms with Crippen LogP contribution in [0, 0.1) is 5.92 Å². The Hall–Kier alpha value is -1.16. The van der Waals surface area contributed by atoms with Crippen LogP contribution in [0.3, 0.4) is 0 Å². The molecule has 2 N–H and O–H groups in total. The standard InChI is InChI=1S/C10H13ClN2O2/c11-4-3-7-5-12-10-8(14)1-2-9(15)13(10)6-7/h1-2,7,12,14H,3-6H2. The van der Waals surface area contributed by atoms with E-state index in [0.717, 1.165) is 13.0 Å². The predicted octanol–water partition coefficient (Wildman–Crippen LogP) is 1.22. The molecule has 1 unspecified atom stereocenters. The van der Waals surface area contributed by atoms with Gasteiger partial charge >= 0.3 is 0 Å². The summed E-state index contributed by atoms with van der Waals surface area (Å²) >= 11 is 5.67. The summed E-state index contributed by atoms with van der Waals surface area (Å²) in [5, 5.41) is 12.6. The first-order valence-electron chi connectivity index (χ1n) is 4.95. The van der Waals surface area contributed by atoms with E-state index in [-0.39, 0.29) is 11.3 Å². The number of anilines is 1. The van der Waals surface area contributed by atoms with Crippen LogP contribution in [0.1, 0.15) is 6.42 Å². The second-order valence-corrected chi connectivity index (χ2v) is 4.12. The molecule has 1 atom stereocenters. The molecule has 1 aromatic heterocycles. The van der Waals surface area contributed by atoms with E-state index in [9.17, 15) is 9.90 Å². The van der Waals surface area contributed by atoms with Gasteiger partial charge in [0.1, 0.15) is 0 Å². The Kier molecular flexibility index (Phi) is 2.86. The molecule has 0 fully saturated rings. The normalized spacial score (nSPS) is 19.4. The van der Waals surface area contributed by atoms with Crippen LogP contribution in [0.5, 0.6) is 5.75 Å². The van der Waals surface area contributed by atoms with Crippen LogP contribution in [0.15, 0.2) is 16.9 Å². The summed E-state index contributed by atoms with van der Waals surface area (Å²) in [4.78, 5) is 11.5. The molecule has 1 aromatic rings. The highest BCUT2D eigenvalue weighted by Gasteiger charge is 2.20. The van der Waals surface area contributed by atoms with E-state index in [0.29, 0.717) is 24.2 Å². The molecule has 2 rings (SSSR count). The van der Waals surface area contributed by atoms with Gasteiger partial charge in [-0.25, -0.2) is 0 Å². The van der Waals surface area contributed by atoms with E-state index in [2.05, 4.69) is 5.32 Å². The second-order valence-electron chi connectivity index (χ2n) is 3.74. The number of aromatic nitrogens is 1. The van der Waals surface area contributed by atoms with E-state index in [1.807, 2.05) is 0 Å². The zero-order chi connectivity index (χ0) is 10.8. The zero-order valence-corrected chi connectivity index (χ0v) is 9.00. The van der Waals surface area contributed by atoms with Gasteiger partial charge in [-0.3, -0.25) is 9.36 Å². The first-order valence-corrected chi connectivity index (χ1v) is 5.48. The van der Waals surface area contributed by atoms with Crippen molar-refractivity contribution in [3.63, 3.8) is 0 Å². The van der Waals surface area contributed by atoms with Crippen LogP contribution < -0.4 is 10.9 Å². The van der Waals surface area contributed by atoms with Gasteiger partial charge in [0.05, 0.1) is 0 Å². The van der Waals surface area contributed by atoms with Crippen LogP contribution in [-0.2, 0) is 6.54 Å². The molecular formula is C10H13ClN2O2. The molecule has 0 amide bonds. The maximum absolute atomic E-state index is 11.5. The summed E-state index contributed by atoms with van der Waals surface area (Å²) in [6, 6.07) is 2.80. The zero-order valence-electron chi connectivity index (χ0n) is 8.24. The number of nitrogens with one attached hydrogen (secondary N) is 1. The average Bonchev–Trinajstić information content (AvgIpc) is 2.24. The van der Waals surface area contributed by atoms with E-state index in [1.165, 1.54) is 12.1 Å². The van der Waals surface area contributed by atoms with Crippen molar-refractivity contribution >= 4 is 17.4 Å². The van der Waals surface area contributed by atoms with Gasteiger partial charge in [0.15, 0.2) is 11.6 Å². The van der Waals surface area contributed by atoms with Gasteiger partial charge < -0.3 is 10.4 Å². The molecule has 15 heavy (non-hydrogen) atoms. The number of aromatic hydroxyl groups is 1. The molecule has 0 radical (unpaired) electrons. The number of rotatable bonds is 2. The first-order chi connectivity index (χ1) is 7.22. The molecular weight excluding hydrogens is 216 g/mol. The largest absolute Gasteiger partial charge is 0.504 e. The molecule has 0 aliphatic carbocycles. The van der Waals surface area contributed by atoms with E-state index in [4.69, 9.17) is 11.6 Å². The summed E-state index contributed by atoms with van der Waals surface area (Å²) in [6.07, 6.45) is 0.871. The monoisotopic (exact) mass is 228 g/mol. The van der Waals surface area contributed by atoms with Gasteiger partial charge in [-0.1, -0.05) is 0 Å². The lowest BCUT2D eigenvalue weighted by atomic mass is 10.0. The number of nitrogens with zero attached hydrogens (tertiary/aromatic N) is 1. The molecule has 0 aromatic carbocycles. The van der Waals surface area contributed by atoms with Crippen molar-refractivity contribution in [2.45, 2.75) is 13.0 Å². The third kappa shape index (κ3) is 1.95. The molecule has 82 valence electrons. The van der Waals surface area contributed by atoms with Crippen molar-refractivity contribution in [2.75, 3.05) is 17.7 Å². The van der Waals surface area contributed by atoms with Crippen LogP contribution in [-0.4, -0.2) is 22.1 Å². The van der Waals surface area contributed by atoms with Crippen molar-refractivity contribution in [3.8, 4) is 5.75 Å². The highest BCUT2D eigenvalue weighted by molar-refractivity contribution is 6.17. The van der Waals surface area contributed by atoms with Crippen LogP contribution >= 0.6 is 11.6 Å². The Balaban J connectivity index is 2.32. The summed E-state index contributed by atoms with van der Waals surface area (Å²) in [7, 11) is 0. The van der Waals surface area contributed by atoms with Gasteiger partial charge in [0, 0.05) is 25.0 Å². The predicted molar refractivity (Wildman–Crippen MR) is 59.7 cm³/mol. The van der Waals surface area contributed by atoms with Crippen molar-refractivity contribution in [1.82, 2.24) is 4.57 Å². The third-order valence-electron chi connectivity index (χ3n) is 2.68. The topological polar surface area (TPSA) is 54.3 Å². The number of halogens is 1. The number of pyridine rings is 1. The summed E-state index contributed by atoms with van der Waals surface area (Å²) in [5.74, 6) is 1.59. The van der Waals surface area contributed by atoms with Crippen molar-refractivity contribution in [2.24, 2.45) is 5.92 Å². The lowest BCUT2D eigenvalue weighted by Gasteiger charge is -2.27. The number of alkyl halides is 1. The molecule has 2 heterocycles. The fourth-order valence-corrected chi connectivity index (χ4v) is 2.15. The quantitative estimate of drug-likeness (QED) is 0.749. The van der Waals surface area contributed by atoms with Gasteiger partial charge in [-0.15, -0.1) is 11.6 Å². The van der Waals surface area contributed by atoms with Gasteiger partial charge in [0.2, 0.25) is 0 Å². The average molecular weight is 229 g/mol. The number of fused-ring (bicyclic) bond motifs is 1. The summed E-state index contributed by atoms with van der Waals surface area (Å²) < 4.78 is 1.57. The fourth-order valence-electron chi connectivity index (χ4n) is 1.85. The second kappa shape index (κ2) is 4.14. The maximum Gasteiger partial charge on any atom is 0.252 e. The minimum absolute atomic E-state index is 0.0884. The minimum Gasteiger partial charge on any atom is -0.504 e. The molecule has 4 nitrogen and oxygen atoms in total. The van der Waals surface area contributed by atoms with Crippen molar-refractivity contribution in [1.29, 1.82) is 0 Å². The van der Waals surface area contributed by atoms with Crippen LogP contribution in [0.25, 0.3) is 0 Å². The summed E-state index contributed by atoms with van der Waals surface area (Å²) in [6.45, 7) is 1.38. The minimum atomic E-state index is -0.0884. The maximum atomic E-state index is 11.5. The number of hydrogen-bond acceptors (Lipinski definition) is 3. The molecule has 0 spiro atoms. The van der Waals surface area contributed by atoms with Gasteiger partial charge in [0.25, 0.3) is 5.56 Å². The first kappa shape index (κ1) is 10.4. The SMILES string of the molecule is O=c1ccc(O)c2n1CC(CCCl)CN2. The molecule has 0 saturated heterocycles. The number of hydrogen-bond donors (Lipinski definition) is 2. The Morgan fingerprint density at radius 1 is 1.60 bits per heavy atom. The van der Waals surface area contributed by atoms with Crippen molar-refractivity contribution in [3.05, 3.63) is 22.5 Å². The lowest BCUT2D eigenvalue weighted by Crippen LogP contribution is -2.34. The molecule has 0 saturated carbocycles. The smallest absolute Gasteiger partial charge is 0.252 e. The Bertz CT molecular complexity index is 416. The van der Waals surface area contributed by atoms with Gasteiger partial charge in [-0.2, -0.15) is 0 Å². The molecule has 1 aliphatic heterocycles. The molecule has 1 aliphatic rings. The fraction of sp³-hybridized carbons (Fsp3) is 0.500. The Morgan fingerprint density at radius 3 is 3.13 bits per heavy atom. The van der Waals surface area contributed by atoms with Crippen LogP contribution in [0.4, 0.5) is 5.82 Å². The van der Waals surface area contributed by atoms with Crippen LogP contribution in [0.2, 0.25) is 0 Å². The highest BCUT2D eigenvalue weighted by atomic mass is 35.5. The highest BCUT2D eigenvalue weighted by Crippen LogP contribution is 2.25. The summed E-state index contributed by atoms with van der Waals surface area (Å²) in [5.41, 5.74) is -0.0884. The van der Waals surface area contributed by atoms with E-state index >= 15 is 0 Å². The lowest BCUT2D eigenvalue weighted by molar-refractivity contribution is 0.405. The van der Waals surface area contributed by atoms with Gasteiger partial charge in [-0.05, 0) is 18.4 Å². The Morgan fingerprint density at radius 2 is 2.40 bits per heavy atom. The molecule has 5 heteroatoms.